The van der Waals surface area contributed by atoms with E-state index in [9.17, 15) is 9.00 Å². The SMILES string of the molecule is C=S1(=O)CC(n2ncc3ccc(-c4noc(C5CCN(C(=O)OC)CC5)n4)cc32)C1. The largest absolute Gasteiger partial charge is 0.453 e. The van der Waals surface area contributed by atoms with E-state index in [1.165, 1.54) is 7.11 Å². The molecule has 0 N–H and O–H groups in total. The van der Waals surface area contributed by atoms with E-state index < -0.39 is 9.52 Å². The van der Waals surface area contributed by atoms with E-state index in [0.717, 1.165) is 29.3 Å². The monoisotopic (exact) mass is 429 g/mol. The molecule has 30 heavy (non-hydrogen) atoms. The summed E-state index contributed by atoms with van der Waals surface area (Å²) in [4.78, 5) is 18.0. The topological polar surface area (TPSA) is 103 Å². The Balaban J connectivity index is 1.35. The van der Waals surface area contributed by atoms with Gasteiger partial charge in [0.25, 0.3) is 0 Å². The Morgan fingerprint density at radius 1 is 1.30 bits per heavy atom. The third kappa shape index (κ3) is 3.34. The number of nitrogens with zero attached hydrogens (tertiary/aromatic N) is 5. The number of piperidine rings is 1. The molecule has 2 aliphatic heterocycles. The lowest BCUT2D eigenvalue weighted by Crippen LogP contribution is -2.38. The van der Waals surface area contributed by atoms with Gasteiger partial charge in [0.1, 0.15) is 0 Å². The Kier molecular flexibility index (Phi) is 4.53. The van der Waals surface area contributed by atoms with Crippen LogP contribution >= 0.6 is 0 Å². The number of ether oxygens (including phenoxy) is 1. The second-order valence-electron chi connectivity index (χ2n) is 8.00. The van der Waals surface area contributed by atoms with Crippen molar-refractivity contribution in [2.45, 2.75) is 24.8 Å². The second-order valence-corrected chi connectivity index (χ2v) is 10.6. The Hall–Kier alpha value is -2.88. The predicted octanol–water partition coefficient (Wildman–Crippen LogP) is 2.30. The Morgan fingerprint density at radius 3 is 2.77 bits per heavy atom. The molecule has 10 heteroatoms. The number of hydrogen-bond acceptors (Lipinski definition) is 7. The van der Waals surface area contributed by atoms with Crippen LogP contribution in [0.1, 0.15) is 30.7 Å². The van der Waals surface area contributed by atoms with E-state index in [1.54, 1.807) is 4.90 Å². The second kappa shape index (κ2) is 7.12. The molecule has 0 atom stereocenters. The van der Waals surface area contributed by atoms with Gasteiger partial charge >= 0.3 is 6.09 Å². The third-order valence-electron chi connectivity index (χ3n) is 5.91. The fourth-order valence-corrected chi connectivity index (χ4v) is 5.81. The fraction of sp³-hybridized carbons (Fsp3) is 0.450. The molecule has 0 aliphatic carbocycles. The first kappa shape index (κ1) is 19.1. The summed E-state index contributed by atoms with van der Waals surface area (Å²) < 4.78 is 24.2. The molecule has 0 bridgehead atoms. The van der Waals surface area contributed by atoms with Crippen molar-refractivity contribution in [3.63, 3.8) is 0 Å². The molecule has 2 fully saturated rings. The van der Waals surface area contributed by atoms with Crippen LogP contribution in [0.25, 0.3) is 22.3 Å². The lowest BCUT2D eigenvalue weighted by Gasteiger charge is -2.30. The van der Waals surface area contributed by atoms with E-state index in [2.05, 4.69) is 21.1 Å². The van der Waals surface area contributed by atoms with E-state index in [1.807, 2.05) is 29.1 Å². The van der Waals surface area contributed by atoms with Crippen LogP contribution in [0.2, 0.25) is 0 Å². The quantitative estimate of drug-likeness (QED) is 0.589. The molecule has 158 valence electrons. The molecule has 5 rings (SSSR count). The minimum absolute atomic E-state index is 0.114. The molecule has 0 unspecified atom stereocenters. The summed E-state index contributed by atoms with van der Waals surface area (Å²) in [5, 5.41) is 9.67. The Morgan fingerprint density at radius 2 is 2.07 bits per heavy atom. The number of benzene rings is 1. The summed E-state index contributed by atoms with van der Waals surface area (Å²) in [6.07, 6.45) is 3.04. The van der Waals surface area contributed by atoms with Gasteiger partial charge < -0.3 is 14.2 Å². The molecule has 0 spiro atoms. The van der Waals surface area contributed by atoms with Gasteiger partial charge in [0.2, 0.25) is 11.7 Å². The Bertz CT molecular complexity index is 1190. The lowest BCUT2D eigenvalue weighted by molar-refractivity contribution is 0.109. The summed E-state index contributed by atoms with van der Waals surface area (Å²) in [5.74, 6) is 6.15. The van der Waals surface area contributed by atoms with Crippen LogP contribution in [0.15, 0.2) is 28.9 Å². The number of hydrogen-bond donors (Lipinski definition) is 0. The average Bonchev–Trinajstić information content (AvgIpc) is 3.38. The van der Waals surface area contributed by atoms with E-state index in [0.29, 0.717) is 36.3 Å². The molecule has 3 aromatic rings. The highest BCUT2D eigenvalue weighted by atomic mass is 32.2. The van der Waals surface area contributed by atoms with Crippen molar-refractivity contribution in [3.8, 4) is 11.4 Å². The number of fused-ring (bicyclic) bond motifs is 1. The van der Waals surface area contributed by atoms with Crippen LogP contribution in [0, 0.1) is 0 Å². The van der Waals surface area contributed by atoms with Crippen molar-refractivity contribution in [1.82, 2.24) is 24.8 Å². The zero-order valence-corrected chi connectivity index (χ0v) is 17.5. The molecule has 9 nitrogen and oxygen atoms in total. The fourth-order valence-electron chi connectivity index (χ4n) is 4.22. The van der Waals surface area contributed by atoms with Crippen molar-refractivity contribution in [1.29, 1.82) is 0 Å². The lowest BCUT2D eigenvalue weighted by atomic mass is 9.97. The van der Waals surface area contributed by atoms with Gasteiger partial charge in [0, 0.05) is 41.5 Å². The summed E-state index contributed by atoms with van der Waals surface area (Å²) in [5.41, 5.74) is 1.81. The minimum atomic E-state index is -1.94. The summed E-state index contributed by atoms with van der Waals surface area (Å²) in [6, 6.07) is 6.05. The molecule has 2 aliphatic rings. The van der Waals surface area contributed by atoms with Crippen molar-refractivity contribution < 1.29 is 18.3 Å². The van der Waals surface area contributed by atoms with E-state index in [4.69, 9.17) is 9.26 Å². The zero-order chi connectivity index (χ0) is 20.9. The first-order chi connectivity index (χ1) is 14.4. The summed E-state index contributed by atoms with van der Waals surface area (Å²) in [7, 11) is -0.548. The first-order valence-electron chi connectivity index (χ1n) is 9.90. The summed E-state index contributed by atoms with van der Waals surface area (Å²) in [6.45, 7) is 1.22. The maximum absolute atomic E-state index is 12.0. The maximum Gasteiger partial charge on any atom is 0.409 e. The highest BCUT2D eigenvalue weighted by Crippen LogP contribution is 2.31. The highest BCUT2D eigenvalue weighted by molar-refractivity contribution is 8.01. The van der Waals surface area contributed by atoms with Gasteiger partial charge in [-0.1, -0.05) is 17.3 Å². The van der Waals surface area contributed by atoms with Crippen LogP contribution in [0.4, 0.5) is 4.79 Å². The van der Waals surface area contributed by atoms with Gasteiger partial charge in [-0.3, -0.25) is 8.89 Å². The van der Waals surface area contributed by atoms with Gasteiger partial charge in [-0.05, 0) is 34.3 Å². The van der Waals surface area contributed by atoms with Gasteiger partial charge in [-0.25, -0.2) is 4.79 Å². The normalized spacial score (nSPS) is 24.7. The minimum Gasteiger partial charge on any atom is -0.453 e. The van der Waals surface area contributed by atoms with Gasteiger partial charge in [-0.15, -0.1) is 0 Å². The third-order valence-corrected chi connectivity index (χ3v) is 7.90. The van der Waals surface area contributed by atoms with Crippen LogP contribution in [-0.4, -0.2) is 72.7 Å². The van der Waals surface area contributed by atoms with Gasteiger partial charge in [0.05, 0.1) is 24.9 Å². The molecule has 0 saturated carbocycles. The highest BCUT2D eigenvalue weighted by Gasteiger charge is 2.31. The number of likely N-dealkylation sites (tertiary alicyclic amines) is 1. The molecule has 1 amide bonds. The smallest absolute Gasteiger partial charge is 0.409 e. The molecule has 2 saturated heterocycles. The number of amides is 1. The summed E-state index contributed by atoms with van der Waals surface area (Å²) >= 11 is 0. The molecular weight excluding hydrogens is 406 g/mol. The van der Waals surface area contributed by atoms with Crippen molar-refractivity contribution in [3.05, 3.63) is 30.3 Å². The molecule has 1 aromatic carbocycles. The van der Waals surface area contributed by atoms with E-state index in [-0.39, 0.29) is 18.1 Å². The van der Waals surface area contributed by atoms with Crippen molar-refractivity contribution >= 4 is 32.4 Å². The predicted molar refractivity (Wildman–Crippen MR) is 113 cm³/mol. The van der Waals surface area contributed by atoms with Crippen molar-refractivity contribution in [2.75, 3.05) is 31.7 Å². The number of carbonyl (C=O) groups is 1. The number of methoxy groups -OCH3 is 1. The molecule has 2 aromatic heterocycles. The molecular formula is C20H23N5O4S. The van der Waals surface area contributed by atoms with E-state index >= 15 is 0 Å². The van der Waals surface area contributed by atoms with Crippen LogP contribution in [0.3, 0.4) is 0 Å². The maximum atomic E-state index is 12.0. The number of rotatable bonds is 3. The zero-order valence-electron chi connectivity index (χ0n) is 16.7. The van der Waals surface area contributed by atoms with Crippen LogP contribution < -0.4 is 0 Å². The van der Waals surface area contributed by atoms with Gasteiger partial charge in [-0.2, -0.15) is 10.1 Å². The van der Waals surface area contributed by atoms with Crippen molar-refractivity contribution in [2.24, 2.45) is 0 Å². The van der Waals surface area contributed by atoms with Crippen LogP contribution in [-0.2, 0) is 14.3 Å². The average molecular weight is 430 g/mol. The first-order valence-corrected chi connectivity index (χ1v) is 12.0. The standard InChI is InChI=1S/C20H23N5O4S/c1-28-20(26)24-7-5-13(6-8-24)19-22-18(23-29-19)14-3-4-15-10-21-25(17(15)9-14)16-11-30(2,27)12-16/h3-4,9-10,13,16H,2,5-8,11-12H2,1H3. The molecule has 4 heterocycles. The Labute approximate surface area is 174 Å². The molecule has 0 radical (unpaired) electrons. The number of carbonyl (C=O) groups excluding carboxylic acids is 1. The van der Waals surface area contributed by atoms with Gasteiger partial charge in [0.15, 0.2) is 0 Å². The van der Waals surface area contributed by atoms with Crippen LogP contribution in [0.5, 0.6) is 0 Å². The number of aromatic nitrogens is 4.